The Morgan fingerprint density at radius 1 is 0.861 bits per heavy atom. The highest BCUT2D eigenvalue weighted by Crippen LogP contribution is 2.39. The smallest absolute Gasteiger partial charge is 0.330 e. The third-order valence-electron chi connectivity index (χ3n) is 16.0. The summed E-state index contributed by atoms with van der Waals surface area (Å²) in [7, 11) is 3.51. The van der Waals surface area contributed by atoms with E-state index in [0.717, 1.165) is 97.3 Å². The number of aryl methyl sites for hydroxylation is 2. The number of imidazole rings is 1. The number of hydrogen-bond acceptors (Lipinski definition) is 10. The lowest BCUT2D eigenvalue weighted by atomic mass is 9.92. The van der Waals surface area contributed by atoms with Crippen LogP contribution >= 0.6 is 0 Å². The number of carbonyl (C=O) groups is 3. The zero-order valence-corrected chi connectivity index (χ0v) is 41.3. The van der Waals surface area contributed by atoms with Crippen LogP contribution in [0.3, 0.4) is 0 Å². The van der Waals surface area contributed by atoms with Crippen LogP contribution in [0.15, 0.2) is 76.6 Å². The van der Waals surface area contributed by atoms with Gasteiger partial charge in [0.15, 0.2) is 5.82 Å². The SMILES string of the molecule is CNc1cc(=O)n(-c2ccnc3c2cc([C@H](C)N2CC=C(c4c(C)cc(C(=O)N5CCC(CN6CCN(c7ccc8c(c7)n(C7CC7)c(=O)n8C7CCC(=O)NC7=O)CC6)CC5)cc4F)CC2)n3C)cc1F. The van der Waals surface area contributed by atoms with E-state index in [9.17, 15) is 28.4 Å². The number of imide groups is 1. The van der Waals surface area contributed by atoms with E-state index in [4.69, 9.17) is 0 Å². The maximum absolute atomic E-state index is 16.1. The number of piperazine rings is 1. The van der Waals surface area contributed by atoms with Crippen LogP contribution < -0.4 is 26.8 Å². The van der Waals surface area contributed by atoms with Crippen molar-refractivity contribution in [3.05, 3.63) is 122 Å². The van der Waals surface area contributed by atoms with Crippen molar-refractivity contribution in [2.45, 2.75) is 76.9 Å². The molecule has 3 amide bonds. The van der Waals surface area contributed by atoms with Crippen molar-refractivity contribution in [3.63, 3.8) is 0 Å². The van der Waals surface area contributed by atoms with Gasteiger partial charge in [0.25, 0.3) is 11.5 Å². The Kier molecular flexibility index (Phi) is 12.5. The zero-order chi connectivity index (χ0) is 50.1. The molecule has 376 valence electrons. The minimum Gasteiger partial charge on any atom is -0.386 e. The molecule has 72 heavy (non-hydrogen) atoms. The lowest BCUT2D eigenvalue weighted by Gasteiger charge is -2.39. The molecule has 4 fully saturated rings. The van der Waals surface area contributed by atoms with Gasteiger partial charge in [-0.3, -0.25) is 48.0 Å². The average Bonchev–Trinajstić information content (AvgIpc) is 4.10. The van der Waals surface area contributed by atoms with E-state index in [1.807, 2.05) is 52.3 Å². The predicted molar refractivity (Wildman–Crippen MR) is 273 cm³/mol. The van der Waals surface area contributed by atoms with Crippen molar-refractivity contribution in [1.82, 2.24) is 43.3 Å². The molecule has 4 aromatic heterocycles. The molecule has 0 radical (unpaired) electrons. The van der Waals surface area contributed by atoms with Gasteiger partial charge in [-0.2, -0.15) is 0 Å². The number of aromatic nitrogens is 5. The molecule has 3 saturated heterocycles. The van der Waals surface area contributed by atoms with E-state index in [0.29, 0.717) is 67.4 Å². The van der Waals surface area contributed by atoms with E-state index in [-0.39, 0.29) is 53.1 Å². The minimum absolute atomic E-state index is 0.0474. The number of anilines is 2. The number of nitrogens with one attached hydrogen (secondary N) is 2. The van der Waals surface area contributed by atoms with Gasteiger partial charge in [-0.25, -0.2) is 18.6 Å². The first-order chi connectivity index (χ1) is 34.8. The minimum atomic E-state index is -0.702. The van der Waals surface area contributed by atoms with Crippen molar-refractivity contribution in [1.29, 1.82) is 0 Å². The summed E-state index contributed by atoms with van der Waals surface area (Å²) in [6, 6.07) is 13.7. The summed E-state index contributed by atoms with van der Waals surface area (Å²) < 4.78 is 37.7. The van der Waals surface area contributed by atoms with Crippen LogP contribution in [0.5, 0.6) is 0 Å². The third kappa shape index (κ3) is 8.61. The van der Waals surface area contributed by atoms with Gasteiger partial charge < -0.3 is 19.7 Å². The van der Waals surface area contributed by atoms with Crippen molar-refractivity contribution in [2.24, 2.45) is 13.0 Å². The van der Waals surface area contributed by atoms with Gasteiger partial charge in [-0.05, 0) is 112 Å². The molecule has 2 N–H and O–H groups in total. The van der Waals surface area contributed by atoms with E-state index in [1.165, 1.54) is 22.9 Å². The van der Waals surface area contributed by atoms with Gasteiger partial charge in [0.2, 0.25) is 11.8 Å². The van der Waals surface area contributed by atoms with E-state index in [1.54, 1.807) is 23.9 Å². The lowest BCUT2D eigenvalue weighted by molar-refractivity contribution is -0.135. The molecule has 6 aromatic rings. The van der Waals surface area contributed by atoms with E-state index < -0.39 is 17.8 Å². The molecule has 0 bridgehead atoms. The molecule has 2 atom stereocenters. The summed E-state index contributed by atoms with van der Waals surface area (Å²) in [5, 5.41) is 5.86. The molecule has 18 heteroatoms. The number of pyridine rings is 2. The summed E-state index contributed by atoms with van der Waals surface area (Å²) >= 11 is 0. The molecule has 2 aromatic carbocycles. The number of rotatable bonds is 11. The van der Waals surface area contributed by atoms with E-state index >= 15 is 4.39 Å². The average molecular weight is 982 g/mol. The Hall–Kier alpha value is -6.92. The normalized spacial score (nSPS) is 20.1. The fraction of sp³-hybridized carbons (Fsp3) is 0.444. The van der Waals surface area contributed by atoms with Crippen molar-refractivity contribution in [2.75, 3.05) is 76.2 Å². The van der Waals surface area contributed by atoms with E-state index in [2.05, 4.69) is 49.4 Å². The fourth-order valence-corrected chi connectivity index (χ4v) is 11.8. The summed E-state index contributed by atoms with van der Waals surface area (Å²) in [6.07, 6.45) is 9.67. The summed E-state index contributed by atoms with van der Waals surface area (Å²) in [5.74, 6) is -1.33. The largest absolute Gasteiger partial charge is 0.386 e. The summed E-state index contributed by atoms with van der Waals surface area (Å²) in [5.41, 5.74) is 7.00. The molecule has 0 spiro atoms. The molecule has 1 aliphatic carbocycles. The number of nitrogens with zero attached hydrogens (tertiary/aromatic N) is 9. The third-order valence-corrected chi connectivity index (χ3v) is 16.0. The number of likely N-dealkylation sites (tertiary alicyclic amines) is 1. The number of piperidine rings is 2. The first-order valence-corrected chi connectivity index (χ1v) is 25.4. The second-order valence-corrected chi connectivity index (χ2v) is 20.4. The number of hydrogen-bond donors (Lipinski definition) is 2. The number of halogens is 2. The first-order valence-electron chi connectivity index (χ1n) is 25.4. The van der Waals surface area contributed by atoms with Crippen LogP contribution in [0.25, 0.3) is 33.3 Å². The van der Waals surface area contributed by atoms with Gasteiger partial charge in [-0.1, -0.05) is 6.08 Å². The molecular weight excluding hydrogens is 921 g/mol. The Morgan fingerprint density at radius 2 is 1.64 bits per heavy atom. The van der Waals surface area contributed by atoms with Crippen LogP contribution in [-0.4, -0.2) is 122 Å². The Labute approximate surface area is 415 Å². The second-order valence-electron chi connectivity index (χ2n) is 20.4. The molecule has 1 saturated carbocycles. The quantitative estimate of drug-likeness (QED) is 0.141. The van der Waals surface area contributed by atoms with Crippen LogP contribution in [0, 0.1) is 24.5 Å². The topological polar surface area (TPSA) is 155 Å². The number of benzene rings is 2. The Balaban J connectivity index is 0.688. The maximum Gasteiger partial charge on any atom is 0.330 e. The van der Waals surface area contributed by atoms with Crippen molar-refractivity contribution < 1.29 is 23.2 Å². The molecule has 8 heterocycles. The zero-order valence-electron chi connectivity index (χ0n) is 41.3. The van der Waals surface area contributed by atoms with Gasteiger partial charge in [0.05, 0.1) is 28.6 Å². The summed E-state index contributed by atoms with van der Waals surface area (Å²) in [6.45, 7) is 10.9. The lowest BCUT2D eigenvalue weighted by Crippen LogP contribution is -2.49. The molecule has 11 rings (SSSR count). The predicted octanol–water partition coefficient (Wildman–Crippen LogP) is 6.31. The number of carbonyl (C=O) groups excluding carboxylic acids is 3. The number of amides is 3. The monoisotopic (exact) mass is 981 g/mol. The Morgan fingerprint density at radius 3 is 2.33 bits per heavy atom. The molecule has 4 aliphatic heterocycles. The van der Waals surface area contributed by atoms with Gasteiger partial charge in [0.1, 0.15) is 17.5 Å². The molecule has 5 aliphatic rings. The molecular formula is C54H61F2N11O5. The van der Waals surface area contributed by atoms with Crippen LogP contribution in [0.4, 0.5) is 20.2 Å². The first kappa shape index (κ1) is 47.4. The van der Waals surface area contributed by atoms with Gasteiger partial charge in [-0.15, -0.1) is 0 Å². The van der Waals surface area contributed by atoms with Crippen molar-refractivity contribution in [3.8, 4) is 5.69 Å². The standard InChI is InChI=1S/C54H61F2N11O5/c1-32-25-36(26-40(55)50(32)35-14-19-62(20-15-35)33(2)46-28-39-43(11-16-58-51(39)60(46)4)65-31-41(56)42(57-3)29-49(65)69)53(71)64-17-12-34(13-18-64)30-61-21-23-63(24-22-61)38-7-8-44-47(27-38)66(37-5-6-37)54(72)67(44)45-9-10-48(68)59-52(45)70/h7-8,11,14,16,25-29,31,33-34,37,45,57H,5-6,9-10,12-13,15,17-24,30H2,1-4H3,(H,59,68,70)/t33-,45?/m0/s1. The highest BCUT2D eigenvalue weighted by molar-refractivity contribution is 6.00. The molecule has 1 unspecified atom stereocenters. The maximum atomic E-state index is 16.1. The summed E-state index contributed by atoms with van der Waals surface area (Å²) in [4.78, 5) is 79.0. The molecule has 16 nitrogen and oxygen atoms in total. The van der Waals surface area contributed by atoms with Gasteiger partial charge >= 0.3 is 5.69 Å². The highest BCUT2D eigenvalue weighted by Gasteiger charge is 2.36. The Bertz CT molecular complexity index is 3290. The van der Waals surface area contributed by atoms with Crippen LogP contribution in [0.2, 0.25) is 0 Å². The fourth-order valence-electron chi connectivity index (χ4n) is 11.8. The van der Waals surface area contributed by atoms with Crippen LogP contribution in [0.1, 0.15) is 97.2 Å². The second kappa shape index (κ2) is 18.9. The van der Waals surface area contributed by atoms with Crippen molar-refractivity contribution >= 4 is 56.7 Å². The van der Waals surface area contributed by atoms with Crippen LogP contribution in [-0.2, 0) is 16.6 Å². The highest BCUT2D eigenvalue weighted by atomic mass is 19.1. The number of fused-ring (bicyclic) bond motifs is 2. The van der Waals surface area contributed by atoms with Gasteiger partial charge in [0, 0.05) is 132 Å².